The highest BCUT2D eigenvalue weighted by Gasteiger charge is 2.34. The first kappa shape index (κ1) is 17.3. The number of ether oxygens (including phenoxy) is 2. The lowest BCUT2D eigenvalue weighted by molar-refractivity contribution is -0.136. The molecule has 0 saturated heterocycles. The van der Waals surface area contributed by atoms with Gasteiger partial charge < -0.3 is 14.4 Å². The lowest BCUT2D eigenvalue weighted by atomic mass is 9.82. The highest BCUT2D eigenvalue weighted by atomic mass is 16.6. The number of nitrogens with zero attached hydrogens (tertiary/aromatic N) is 1. The fraction of sp³-hybridized carbons (Fsp3) is 0.381. The maximum Gasteiger partial charge on any atom is 0.232 e. The second-order valence-corrected chi connectivity index (χ2v) is 6.79. The molecule has 3 rings (SSSR count). The third-order valence-electron chi connectivity index (χ3n) is 4.68. The zero-order valence-electron chi connectivity index (χ0n) is 15.1. The summed E-state index contributed by atoms with van der Waals surface area (Å²) in [7, 11) is 0. The fourth-order valence-corrected chi connectivity index (χ4v) is 3.08. The van der Waals surface area contributed by atoms with E-state index < -0.39 is 5.41 Å². The van der Waals surface area contributed by atoms with Gasteiger partial charge in [0.15, 0.2) is 11.5 Å². The van der Waals surface area contributed by atoms with Gasteiger partial charge in [-0.25, -0.2) is 0 Å². The SMILES string of the molecule is CCN(Cc1ccccc1)C(=O)C(C)(C)c1ccc2c(c1)OCCO2. The molecule has 4 heteroatoms. The zero-order valence-corrected chi connectivity index (χ0v) is 15.1. The number of amides is 1. The summed E-state index contributed by atoms with van der Waals surface area (Å²) in [6.07, 6.45) is 0. The molecule has 1 heterocycles. The van der Waals surface area contributed by atoms with E-state index >= 15 is 0 Å². The molecule has 2 aromatic rings. The summed E-state index contributed by atoms with van der Waals surface area (Å²) in [6.45, 7) is 8.34. The quantitative estimate of drug-likeness (QED) is 0.832. The Morgan fingerprint density at radius 2 is 1.72 bits per heavy atom. The molecule has 0 unspecified atom stereocenters. The molecule has 0 aliphatic carbocycles. The van der Waals surface area contributed by atoms with Gasteiger partial charge in [0.05, 0.1) is 5.41 Å². The minimum atomic E-state index is -0.638. The van der Waals surface area contributed by atoms with Crippen molar-refractivity contribution in [3.8, 4) is 11.5 Å². The molecule has 4 nitrogen and oxygen atoms in total. The van der Waals surface area contributed by atoms with E-state index in [1.807, 2.05) is 74.2 Å². The average Bonchev–Trinajstić information content (AvgIpc) is 2.66. The van der Waals surface area contributed by atoms with E-state index in [9.17, 15) is 4.79 Å². The number of rotatable bonds is 5. The van der Waals surface area contributed by atoms with Crippen molar-refractivity contribution in [2.24, 2.45) is 0 Å². The highest BCUT2D eigenvalue weighted by molar-refractivity contribution is 5.87. The van der Waals surface area contributed by atoms with Gasteiger partial charge in [-0.05, 0) is 44.0 Å². The normalized spacial score (nSPS) is 13.4. The summed E-state index contributed by atoms with van der Waals surface area (Å²) in [6, 6.07) is 15.9. The Balaban J connectivity index is 1.83. The summed E-state index contributed by atoms with van der Waals surface area (Å²) < 4.78 is 11.3. The first-order valence-electron chi connectivity index (χ1n) is 8.76. The van der Waals surface area contributed by atoms with Crippen molar-refractivity contribution in [3.05, 3.63) is 59.7 Å². The predicted molar refractivity (Wildman–Crippen MR) is 98.0 cm³/mol. The lowest BCUT2D eigenvalue weighted by Gasteiger charge is -2.32. The number of benzene rings is 2. The fourth-order valence-electron chi connectivity index (χ4n) is 3.08. The van der Waals surface area contributed by atoms with Crippen molar-refractivity contribution in [2.45, 2.75) is 32.7 Å². The second kappa shape index (κ2) is 7.18. The zero-order chi connectivity index (χ0) is 17.9. The first-order chi connectivity index (χ1) is 12.0. The molecule has 132 valence electrons. The predicted octanol–water partition coefficient (Wildman–Crippen LogP) is 3.78. The van der Waals surface area contributed by atoms with Crippen LogP contribution in [0.3, 0.4) is 0 Å². The standard InChI is InChI=1S/C21H25NO3/c1-4-22(15-16-8-6-5-7-9-16)20(23)21(2,3)17-10-11-18-19(14-17)25-13-12-24-18/h5-11,14H,4,12-13,15H2,1-3H3. The van der Waals surface area contributed by atoms with Crippen LogP contribution in [0.15, 0.2) is 48.5 Å². The van der Waals surface area contributed by atoms with Gasteiger partial charge in [-0.2, -0.15) is 0 Å². The van der Waals surface area contributed by atoms with Crippen molar-refractivity contribution < 1.29 is 14.3 Å². The molecule has 0 atom stereocenters. The van der Waals surface area contributed by atoms with Crippen LogP contribution in [0.25, 0.3) is 0 Å². The largest absolute Gasteiger partial charge is 0.486 e. The number of hydrogen-bond acceptors (Lipinski definition) is 3. The van der Waals surface area contributed by atoms with Crippen LogP contribution in [-0.4, -0.2) is 30.6 Å². The number of fused-ring (bicyclic) bond motifs is 1. The van der Waals surface area contributed by atoms with E-state index in [1.165, 1.54) is 0 Å². The van der Waals surface area contributed by atoms with Crippen LogP contribution in [0.1, 0.15) is 31.9 Å². The Kier molecular flexibility index (Phi) is 4.98. The van der Waals surface area contributed by atoms with Crippen LogP contribution < -0.4 is 9.47 Å². The van der Waals surface area contributed by atoms with Crippen molar-refractivity contribution in [1.82, 2.24) is 4.90 Å². The third kappa shape index (κ3) is 3.63. The minimum absolute atomic E-state index is 0.107. The third-order valence-corrected chi connectivity index (χ3v) is 4.68. The van der Waals surface area contributed by atoms with E-state index in [0.29, 0.717) is 26.3 Å². The molecule has 0 bridgehead atoms. The summed E-state index contributed by atoms with van der Waals surface area (Å²) in [5.41, 5.74) is 1.43. The first-order valence-corrected chi connectivity index (χ1v) is 8.76. The Bertz CT molecular complexity index is 740. The van der Waals surface area contributed by atoms with Crippen molar-refractivity contribution in [1.29, 1.82) is 0 Å². The van der Waals surface area contributed by atoms with E-state index in [-0.39, 0.29) is 5.91 Å². The Morgan fingerprint density at radius 1 is 1.04 bits per heavy atom. The smallest absolute Gasteiger partial charge is 0.232 e. The highest BCUT2D eigenvalue weighted by Crippen LogP contribution is 2.36. The molecule has 0 radical (unpaired) electrons. The van der Waals surface area contributed by atoms with E-state index in [1.54, 1.807) is 0 Å². The number of likely N-dealkylation sites (N-methyl/N-ethyl adjacent to an activating group) is 1. The summed E-state index contributed by atoms with van der Waals surface area (Å²) in [5, 5.41) is 0. The average molecular weight is 339 g/mol. The molecule has 1 amide bonds. The van der Waals surface area contributed by atoms with E-state index in [4.69, 9.17) is 9.47 Å². The lowest BCUT2D eigenvalue weighted by Crippen LogP contribution is -2.43. The van der Waals surface area contributed by atoms with Crippen molar-refractivity contribution in [3.63, 3.8) is 0 Å². The van der Waals surface area contributed by atoms with Gasteiger partial charge in [-0.15, -0.1) is 0 Å². The number of carbonyl (C=O) groups excluding carboxylic acids is 1. The number of hydrogen-bond donors (Lipinski definition) is 0. The Morgan fingerprint density at radius 3 is 2.40 bits per heavy atom. The molecule has 2 aromatic carbocycles. The van der Waals surface area contributed by atoms with Crippen LogP contribution in [0.4, 0.5) is 0 Å². The molecule has 1 aliphatic heterocycles. The summed E-state index contributed by atoms with van der Waals surface area (Å²) in [4.78, 5) is 15.1. The summed E-state index contributed by atoms with van der Waals surface area (Å²) in [5.74, 6) is 1.57. The van der Waals surface area contributed by atoms with Crippen LogP contribution >= 0.6 is 0 Å². The molecule has 0 spiro atoms. The molecule has 0 fully saturated rings. The second-order valence-electron chi connectivity index (χ2n) is 6.79. The summed E-state index contributed by atoms with van der Waals surface area (Å²) >= 11 is 0. The van der Waals surface area contributed by atoms with E-state index in [0.717, 1.165) is 22.6 Å². The van der Waals surface area contributed by atoms with Crippen molar-refractivity contribution in [2.75, 3.05) is 19.8 Å². The molecule has 25 heavy (non-hydrogen) atoms. The Labute approximate surface area is 149 Å². The van der Waals surface area contributed by atoms with Crippen LogP contribution in [-0.2, 0) is 16.8 Å². The maximum absolute atomic E-state index is 13.2. The molecular formula is C21H25NO3. The molecular weight excluding hydrogens is 314 g/mol. The number of carbonyl (C=O) groups is 1. The molecule has 0 saturated carbocycles. The van der Waals surface area contributed by atoms with Gasteiger partial charge >= 0.3 is 0 Å². The van der Waals surface area contributed by atoms with Gasteiger partial charge in [-0.1, -0.05) is 36.4 Å². The van der Waals surface area contributed by atoms with Gasteiger partial charge in [0.1, 0.15) is 13.2 Å². The topological polar surface area (TPSA) is 38.8 Å². The maximum atomic E-state index is 13.2. The molecule has 0 N–H and O–H groups in total. The van der Waals surface area contributed by atoms with Gasteiger partial charge in [0, 0.05) is 13.1 Å². The molecule has 1 aliphatic rings. The van der Waals surface area contributed by atoms with E-state index in [2.05, 4.69) is 0 Å². The van der Waals surface area contributed by atoms with Gasteiger partial charge in [0.25, 0.3) is 0 Å². The van der Waals surface area contributed by atoms with Crippen LogP contribution in [0.5, 0.6) is 11.5 Å². The molecule has 0 aromatic heterocycles. The van der Waals surface area contributed by atoms with Gasteiger partial charge in [-0.3, -0.25) is 4.79 Å². The Hall–Kier alpha value is -2.49. The minimum Gasteiger partial charge on any atom is -0.486 e. The van der Waals surface area contributed by atoms with Crippen LogP contribution in [0.2, 0.25) is 0 Å². The monoisotopic (exact) mass is 339 g/mol. The van der Waals surface area contributed by atoms with Crippen molar-refractivity contribution >= 4 is 5.91 Å². The van der Waals surface area contributed by atoms with Gasteiger partial charge in [0.2, 0.25) is 5.91 Å². The van der Waals surface area contributed by atoms with Crippen LogP contribution in [0, 0.1) is 0 Å².